The van der Waals surface area contributed by atoms with Gasteiger partial charge in [0, 0.05) is 12.7 Å². The molecule has 0 atom stereocenters. The summed E-state index contributed by atoms with van der Waals surface area (Å²) in [6.45, 7) is 2.01. The fourth-order valence-electron chi connectivity index (χ4n) is 2.04. The van der Waals surface area contributed by atoms with Crippen LogP contribution in [0.15, 0.2) is 48.5 Å². The van der Waals surface area contributed by atoms with Gasteiger partial charge in [-0.05, 0) is 30.7 Å². The summed E-state index contributed by atoms with van der Waals surface area (Å²) in [5, 5.41) is 8.89. The van der Waals surface area contributed by atoms with E-state index in [4.69, 9.17) is 5.26 Å². The van der Waals surface area contributed by atoms with Crippen LogP contribution in [0.2, 0.25) is 0 Å². The number of nitrogens with zero attached hydrogens (tertiary/aromatic N) is 2. The zero-order valence-electron chi connectivity index (χ0n) is 11.6. The molecule has 1 amide bonds. The summed E-state index contributed by atoms with van der Waals surface area (Å²) in [5.74, 6) is 0.00527. The van der Waals surface area contributed by atoms with Gasteiger partial charge < -0.3 is 4.90 Å². The maximum atomic E-state index is 12.3. The largest absolute Gasteiger partial charge is 0.315 e. The molecule has 0 aliphatic rings. The third kappa shape index (κ3) is 3.24. The lowest BCUT2D eigenvalue weighted by molar-refractivity contribution is -0.117. The first-order valence-electron chi connectivity index (χ1n) is 6.42. The van der Waals surface area contributed by atoms with E-state index >= 15 is 0 Å². The quantitative estimate of drug-likeness (QED) is 0.855. The molecule has 0 radical (unpaired) electrons. The van der Waals surface area contributed by atoms with Crippen LogP contribution in [0.4, 0.5) is 5.69 Å². The highest BCUT2D eigenvalue weighted by atomic mass is 16.2. The van der Waals surface area contributed by atoms with Gasteiger partial charge in [-0.1, -0.05) is 35.9 Å². The van der Waals surface area contributed by atoms with Gasteiger partial charge >= 0.3 is 0 Å². The molecule has 20 heavy (non-hydrogen) atoms. The van der Waals surface area contributed by atoms with Crippen LogP contribution in [0.1, 0.15) is 16.7 Å². The molecule has 0 spiro atoms. The summed E-state index contributed by atoms with van der Waals surface area (Å²) in [4.78, 5) is 13.9. The van der Waals surface area contributed by atoms with E-state index in [0.29, 0.717) is 12.0 Å². The Morgan fingerprint density at radius 3 is 2.65 bits per heavy atom. The first-order valence-corrected chi connectivity index (χ1v) is 6.42. The molecule has 2 aromatic rings. The highest BCUT2D eigenvalue weighted by molar-refractivity contribution is 5.94. The van der Waals surface area contributed by atoms with Crippen LogP contribution < -0.4 is 4.90 Å². The second-order valence-electron chi connectivity index (χ2n) is 4.78. The molecule has 0 aliphatic heterocycles. The van der Waals surface area contributed by atoms with E-state index in [1.165, 1.54) is 0 Å². The normalized spacial score (nSPS) is 9.85. The van der Waals surface area contributed by atoms with E-state index < -0.39 is 0 Å². The van der Waals surface area contributed by atoms with E-state index in [0.717, 1.165) is 16.8 Å². The molecule has 0 saturated carbocycles. The molecule has 2 aromatic carbocycles. The number of benzene rings is 2. The van der Waals surface area contributed by atoms with Crippen LogP contribution in [0.3, 0.4) is 0 Å². The Bertz CT molecular complexity index is 671. The van der Waals surface area contributed by atoms with E-state index in [1.54, 1.807) is 30.1 Å². The highest BCUT2D eigenvalue weighted by Crippen LogP contribution is 2.16. The van der Waals surface area contributed by atoms with Crippen molar-refractivity contribution < 1.29 is 4.79 Å². The zero-order chi connectivity index (χ0) is 14.5. The molecule has 0 bridgehead atoms. The van der Waals surface area contributed by atoms with Crippen molar-refractivity contribution in [3.05, 3.63) is 65.2 Å². The first kappa shape index (κ1) is 13.8. The minimum atomic E-state index is 0.00527. The lowest BCUT2D eigenvalue weighted by atomic mass is 10.1. The van der Waals surface area contributed by atoms with Gasteiger partial charge in [-0.2, -0.15) is 5.26 Å². The predicted molar refractivity (Wildman–Crippen MR) is 79.5 cm³/mol. The van der Waals surface area contributed by atoms with E-state index in [9.17, 15) is 4.79 Å². The summed E-state index contributed by atoms with van der Waals surface area (Å²) >= 11 is 0. The van der Waals surface area contributed by atoms with E-state index in [-0.39, 0.29) is 5.91 Å². The highest BCUT2D eigenvalue weighted by Gasteiger charge is 2.12. The molecule has 0 fully saturated rings. The number of carbonyl (C=O) groups excluding carboxylic acids is 1. The Labute approximate surface area is 119 Å². The lowest BCUT2D eigenvalue weighted by Gasteiger charge is -2.17. The van der Waals surface area contributed by atoms with Gasteiger partial charge in [-0.15, -0.1) is 0 Å². The molecule has 100 valence electrons. The summed E-state index contributed by atoms with van der Waals surface area (Å²) < 4.78 is 0. The van der Waals surface area contributed by atoms with Crippen molar-refractivity contribution in [1.29, 1.82) is 5.26 Å². The van der Waals surface area contributed by atoms with Crippen LogP contribution >= 0.6 is 0 Å². The third-order valence-electron chi connectivity index (χ3n) is 3.17. The molecular weight excluding hydrogens is 248 g/mol. The maximum absolute atomic E-state index is 12.3. The number of likely N-dealkylation sites (N-methyl/N-ethyl adjacent to an activating group) is 1. The summed E-state index contributed by atoms with van der Waals surface area (Å²) in [7, 11) is 1.73. The maximum Gasteiger partial charge on any atom is 0.231 e. The van der Waals surface area contributed by atoms with Crippen LogP contribution in [-0.4, -0.2) is 13.0 Å². The van der Waals surface area contributed by atoms with Crippen molar-refractivity contribution in [3.63, 3.8) is 0 Å². The van der Waals surface area contributed by atoms with Gasteiger partial charge in [0.25, 0.3) is 0 Å². The van der Waals surface area contributed by atoms with Crippen LogP contribution in [0.25, 0.3) is 0 Å². The fourth-order valence-corrected chi connectivity index (χ4v) is 2.04. The third-order valence-corrected chi connectivity index (χ3v) is 3.17. The number of carbonyl (C=O) groups is 1. The van der Waals surface area contributed by atoms with Gasteiger partial charge in [0.1, 0.15) is 0 Å². The number of rotatable bonds is 3. The van der Waals surface area contributed by atoms with Crippen LogP contribution in [0, 0.1) is 18.3 Å². The molecule has 3 heteroatoms. The minimum absolute atomic E-state index is 0.00527. The molecule has 0 saturated heterocycles. The molecule has 2 rings (SSSR count). The average molecular weight is 264 g/mol. The topological polar surface area (TPSA) is 44.1 Å². The average Bonchev–Trinajstić information content (AvgIpc) is 2.46. The number of nitriles is 1. The SMILES string of the molecule is Cc1cccc(CC(=O)N(C)c2cccc(C#N)c2)c1. The molecule has 0 aliphatic carbocycles. The Morgan fingerprint density at radius 2 is 1.95 bits per heavy atom. The predicted octanol–water partition coefficient (Wildman–Crippen LogP) is 3.07. The van der Waals surface area contributed by atoms with Crippen LogP contribution in [-0.2, 0) is 11.2 Å². The van der Waals surface area contributed by atoms with Gasteiger partial charge in [0.2, 0.25) is 5.91 Å². The van der Waals surface area contributed by atoms with Crippen molar-refractivity contribution in [2.45, 2.75) is 13.3 Å². The number of hydrogen-bond donors (Lipinski definition) is 0. The second kappa shape index (κ2) is 6.03. The van der Waals surface area contributed by atoms with Gasteiger partial charge in [0.05, 0.1) is 18.1 Å². The van der Waals surface area contributed by atoms with Crippen molar-refractivity contribution in [3.8, 4) is 6.07 Å². The molecule has 0 heterocycles. The summed E-state index contributed by atoms with van der Waals surface area (Å²) in [5.41, 5.74) is 3.43. The molecule has 0 aromatic heterocycles. The van der Waals surface area contributed by atoms with Crippen molar-refractivity contribution >= 4 is 11.6 Å². The fraction of sp³-hybridized carbons (Fsp3) is 0.176. The molecule has 3 nitrogen and oxygen atoms in total. The Morgan fingerprint density at radius 1 is 1.20 bits per heavy atom. The van der Waals surface area contributed by atoms with Crippen molar-refractivity contribution in [2.24, 2.45) is 0 Å². The monoisotopic (exact) mass is 264 g/mol. The van der Waals surface area contributed by atoms with Gasteiger partial charge in [-0.3, -0.25) is 4.79 Å². The Hall–Kier alpha value is -2.60. The summed E-state index contributed by atoms with van der Waals surface area (Å²) in [6.07, 6.45) is 0.356. The lowest BCUT2D eigenvalue weighted by Crippen LogP contribution is -2.27. The number of anilines is 1. The van der Waals surface area contributed by atoms with Crippen LogP contribution in [0.5, 0.6) is 0 Å². The first-order chi connectivity index (χ1) is 9.60. The molecule has 0 unspecified atom stereocenters. The van der Waals surface area contributed by atoms with Gasteiger partial charge in [-0.25, -0.2) is 0 Å². The second-order valence-corrected chi connectivity index (χ2v) is 4.78. The Balaban J connectivity index is 2.14. The Kier molecular flexibility index (Phi) is 4.17. The standard InChI is InChI=1S/C17H16N2O/c1-13-5-3-6-14(9-13)11-17(20)19(2)16-8-4-7-15(10-16)12-18/h3-10H,11H2,1-2H3. The van der Waals surface area contributed by atoms with Gasteiger partial charge in [0.15, 0.2) is 0 Å². The van der Waals surface area contributed by atoms with Crippen molar-refractivity contribution in [1.82, 2.24) is 0 Å². The number of amides is 1. The molecule has 0 N–H and O–H groups in total. The van der Waals surface area contributed by atoms with Crippen molar-refractivity contribution in [2.75, 3.05) is 11.9 Å². The molecular formula is C17H16N2O. The zero-order valence-corrected chi connectivity index (χ0v) is 11.6. The smallest absolute Gasteiger partial charge is 0.231 e. The minimum Gasteiger partial charge on any atom is -0.315 e. The van der Waals surface area contributed by atoms with E-state index in [1.807, 2.05) is 37.3 Å². The van der Waals surface area contributed by atoms with E-state index in [2.05, 4.69) is 6.07 Å². The number of hydrogen-bond acceptors (Lipinski definition) is 2. The summed E-state index contributed by atoms with van der Waals surface area (Å²) in [6, 6.07) is 17.1. The number of aryl methyl sites for hydroxylation is 1.